The third-order valence-electron chi connectivity index (χ3n) is 2.53. The van der Waals surface area contributed by atoms with E-state index in [1.54, 1.807) is 0 Å². The average molecular weight is 189 g/mol. The van der Waals surface area contributed by atoms with Gasteiger partial charge >= 0.3 is 0 Å². The van der Waals surface area contributed by atoms with E-state index >= 15 is 0 Å². The van der Waals surface area contributed by atoms with Crippen LogP contribution in [0.2, 0.25) is 0 Å². The summed E-state index contributed by atoms with van der Waals surface area (Å²) >= 11 is 0. The molecule has 1 nitrogen and oxygen atoms in total. The smallest absolute Gasteiger partial charge is 0.0334 e. The predicted octanol–water partition coefficient (Wildman–Crippen LogP) is 3.19. The van der Waals surface area contributed by atoms with E-state index in [0.29, 0.717) is 0 Å². The summed E-state index contributed by atoms with van der Waals surface area (Å²) in [5.41, 5.74) is 11.2. The number of rotatable bonds is 3. The van der Waals surface area contributed by atoms with E-state index < -0.39 is 0 Å². The first kappa shape index (κ1) is 11.0. The minimum atomic E-state index is 0.0908. The van der Waals surface area contributed by atoms with Crippen molar-refractivity contribution in [2.24, 2.45) is 5.73 Å². The maximum atomic E-state index is 6.09. The summed E-state index contributed by atoms with van der Waals surface area (Å²) in [5.74, 6) is 0. The Morgan fingerprint density at radius 3 is 2.21 bits per heavy atom. The highest BCUT2D eigenvalue weighted by Gasteiger charge is 2.10. The topological polar surface area (TPSA) is 26.0 Å². The molecule has 0 saturated carbocycles. The van der Waals surface area contributed by atoms with Gasteiger partial charge < -0.3 is 5.73 Å². The maximum Gasteiger partial charge on any atom is 0.0334 e. The van der Waals surface area contributed by atoms with Crippen LogP contribution < -0.4 is 5.73 Å². The summed E-state index contributed by atoms with van der Waals surface area (Å²) < 4.78 is 0. The number of benzene rings is 1. The van der Waals surface area contributed by atoms with Gasteiger partial charge in [0.1, 0.15) is 0 Å². The van der Waals surface area contributed by atoms with Crippen molar-refractivity contribution >= 4 is 0 Å². The predicted molar refractivity (Wildman–Crippen MR) is 62.4 cm³/mol. The molecule has 1 aromatic rings. The summed E-state index contributed by atoms with van der Waals surface area (Å²) in [4.78, 5) is 0. The molecule has 0 spiro atoms. The zero-order valence-corrected chi connectivity index (χ0v) is 9.30. The van der Waals surface area contributed by atoms with Crippen molar-refractivity contribution < 1.29 is 0 Å². The van der Waals surface area contributed by atoms with Crippen LogP contribution in [-0.4, -0.2) is 0 Å². The van der Waals surface area contributed by atoms with Gasteiger partial charge in [-0.05, 0) is 43.9 Å². The molecule has 0 saturated heterocycles. The lowest BCUT2D eigenvalue weighted by Crippen LogP contribution is -2.12. The highest BCUT2D eigenvalue weighted by atomic mass is 14.6. The van der Waals surface area contributed by atoms with Crippen LogP contribution in [0.3, 0.4) is 0 Å². The first-order valence-corrected chi connectivity index (χ1v) is 5.00. The lowest BCUT2D eigenvalue weighted by Gasteiger charge is -2.16. The van der Waals surface area contributed by atoms with Crippen LogP contribution in [0.4, 0.5) is 0 Å². The highest BCUT2D eigenvalue weighted by molar-refractivity contribution is 5.39. The van der Waals surface area contributed by atoms with Crippen LogP contribution in [0.25, 0.3) is 0 Å². The van der Waals surface area contributed by atoms with Crippen molar-refractivity contribution in [1.82, 2.24) is 0 Å². The van der Waals surface area contributed by atoms with Gasteiger partial charge in [0.25, 0.3) is 0 Å². The van der Waals surface area contributed by atoms with Gasteiger partial charge in [0, 0.05) is 6.04 Å². The lowest BCUT2D eigenvalue weighted by atomic mass is 9.93. The van der Waals surface area contributed by atoms with E-state index in [2.05, 4.69) is 39.5 Å². The van der Waals surface area contributed by atoms with Crippen LogP contribution in [0.15, 0.2) is 24.8 Å². The summed E-state index contributed by atoms with van der Waals surface area (Å²) in [6.45, 7) is 10.1. The molecule has 0 fully saturated rings. The van der Waals surface area contributed by atoms with E-state index in [1.165, 1.54) is 22.3 Å². The molecule has 0 aliphatic rings. The fourth-order valence-electron chi connectivity index (χ4n) is 2.07. The molecule has 0 heterocycles. The molecule has 1 atom stereocenters. The molecule has 0 unspecified atom stereocenters. The van der Waals surface area contributed by atoms with Gasteiger partial charge in [-0.3, -0.25) is 0 Å². The number of hydrogen-bond acceptors (Lipinski definition) is 1. The Labute approximate surface area is 86.6 Å². The molecule has 1 heteroatoms. The Kier molecular flexibility index (Phi) is 3.48. The molecule has 0 aromatic heterocycles. The Morgan fingerprint density at radius 2 is 1.79 bits per heavy atom. The van der Waals surface area contributed by atoms with Crippen molar-refractivity contribution in [2.45, 2.75) is 33.2 Å². The number of nitrogens with two attached hydrogens (primary N) is 1. The third-order valence-corrected chi connectivity index (χ3v) is 2.53. The van der Waals surface area contributed by atoms with E-state index in [-0.39, 0.29) is 6.04 Å². The third kappa shape index (κ3) is 2.24. The molecular formula is C13H19N. The van der Waals surface area contributed by atoms with Crippen molar-refractivity contribution in [3.63, 3.8) is 0 Å². The van der Waals surface area contributed by atoms with Crippen LogP contribution in [0.5, 0.6) is 0 Å². The van der Waals surface area contributed by atoms with Crippen molar-refractivity contribution in [3.8, 4) is 0 Å². The minimum Gasteiger partial charge on any atom is -0.324 e. The van der Waals surface area contributed by atoms with Gasteiger partial charge in [-0.25, -0.2) is 0 Å². The average Bonchev–Trinajstić information content (AvgIpc) is 2.01. The van der Waals surface area contributed by atoms with Gasteiger partial charge in [0.2, 0.25) is 0 Å². The Bertz CT molecular complexity index is 316. The minimum absolute atomic E-state index is 0.0908. The lowest BCUT2D eigenvalue weighted by molar-refractivity contribution is 0.729. The molecule has 76 valence electrons. The van der Waals surface area contributed by atoms with Crippen molar-refractivity contribution in [1.29, 1.82) is 0 Å². The summed E-state index contributed by atoms with van der Waals surface area (Å²) in [5, 5.41) is 0. The van der Waals surface area contributed by atoms with Crippen LogP contribution in [0, 0.1) is 20.8 Å². The Balaban J connectivity index is 3.13. The zero-order chi connectivity index (χ0) is 10.7. The molecule has 0 aliphatic carbocycles. The van der Waals surface area contributed by atoms with E-state index in [4.69, 9.17) is 5.73 Å². The fraction of sp³-hybridized carbons (Fsp3) is 0.385. The van der Waals surface area contributed by atoms with Crippen molar-refractivity contribution in [2.75, 3.05) is 0 Å². The monoisotopic (exact) mass is 189 g/mol. The molecule has 0 amide bonds. The molecule has 2 N–H and O–H groups in total. The molecule has 0 radical (unpaired) electrons. The fourth-order valence-corrected chi connectivity index (χ4v) is 2.07. The standard InChI is InChI=1S/C13H19N/c1-5-6-12(14)13-10(3)7-9(2)8-11(13)4/h5,7-8,12H,1,6,14H2,2-4H3/t12-/m0/s1. The van der Waals surface area contributed by atoms with Gasteiger partial charge in [-0.15, -0.1) is 6.58 Å². The number of hydrogen-bond donors (Lipinski definition) is 1. The van der Waals surface area contributed by atoms with Gasteiger partial charge in [-0.1, -0.05) is 23.8 Å². The molecule has 1 rings (SSSR count). The molecule has 1 aromatic carbocycles. The quantitative estimate of drug-likeness (QED) is 0.726. The van der Waals surface area contributed by atoms with Gasteiger partial charge in [0.05, 0.1) is 0 Å². The zero-order valence-electron chi connectivity index (χ0n) is 9.30. The van der Waals surface area contributed by atoms with E-state index in [0.717, 1.165) is 6.42 Å². The second kappa shape index (κ2) is 4.43. The normalized spacial score (nSPS) is 12.6. The summed E-state index contributed by atoms with van der Waals surface area (Å²) in [7, 11) is 0. The maximum absolute atomic E-state index is 6.09. The van der Waals surface area contributed by atoms with Gasteiger partial charge in [0.15, 0.2) is 0 Å². The SMILES string of the molecule is C=CC[C@H](N)c1c(C)cc(C)cc1C. The van der Waals surface area contributed by atoms with Crippen molar-refractivity contribution in [3.05, 3.63) is 47.0 Å². The second-order valence-electron chi connectivity index (χ2n) is 3.94. The van der Waals surface area contributed by atoms with Crippen LogP contribution in [-0.2, 0) is 0 Å². The van der Waals surface area contributed by atoms with E-state index in [1.807, 2.05) is 6.08 Å². The Hall–Kier alpha value is -1.08. The Morgan fingerprint density at radius 1 is 1.29 bits per heavy atom. The molecular weight excluding hydrogens is 170 g/mol. The summed E-state index contributed by atoms with van der Waals surface area (Å²) in [6.07, 6.45) is 2.72. The van der Waals surface area contributed by atoms with E-state index in [9.17, 15) is 0 Å². The second-order valence-corrected chi connectivity index (χ2v) is 3.94. The molecule has 0 aliphatic heterocycles. The first-order chi connectivity index (χ1) is 6.56. The summed E-state index contributed by atoms with van der Waals surface area (Å²) in [6, 6.07) is 4.46. The van der Waals surface area contributed by atoms with Crippen LogP contribution >= 0.6 is 0 Å². The van der Waals surface area contributed by atoms with Gasteiger partial charge in [-0.2, -0.15) is 0 Å². The molecule has 0 bridgehead atoms. The largest absolute Gasteiger partial charge is 0.324 e. The van der Waals surface area contributed by atoms with Crippen LogP contribution in [0.1, 0.15) is 34.7 Å². The number of aryl methyl sites for hydroxylation is 3. The first-order valence-electron chi connectivity index (χ1n) is 5.00. The highest BCUT2D eigenvalue weighted by Crippen LogP contribution is 2.24. The molecule has 14 heavy (non-hydrogen) atoms.